The molecular formula is C21H29N7O2. The zero-order valence-electron chi connectivity index (χ0n) is 17.2. The number of aromatic nitrogens is 5. The van der Waals surface area contributed by atoms with Crippen molar-refractivity contribution in [3.8, 4) is 0 Å². The van der Waals surface area contributed by atoms with Crippen LogP contribution in [-0.2, 0) is 29.2 Å². The van der Waals surface area contributed by atoms with Crippen LogP contribution in [0.1, 0.15) is 25.1 Å². The number of para-hydroxylation sites is 1. The smallest absolute Gasteiger partial charge is 0.220 e. The van der Waals surface area contributed by atoms with Crippen molar-refractivity contribution in [2.24, 2.45) is 0 Å². The number of rotatable bonds is 10. The predicted molar refractivity (Wildman–Crippen MR) is 113 cm³/mol. The Balaban J connectivity index is 1.13. The highest BCUT2D eigenvalue weighted by atomic mass is 16.5. The average Bonchev–Trinajstić information content (AvgIpc) is 3.39. The van der Waals surface area contributed by atoms with Crippen molar-refractivity contribution in [2.45, 2.75) is 38.9 Å². The summed E-state index contributed by atoms with van der Waals surface area (Å²) >= 11 is 0. The molecule has 3 aromatic rings. The number of nitrogens with one attached hydrogen (secondary N) is 1. The van der Waals surface area contributed by atoms with Gasteiger partial charge in [-0.15, -0.1) is 5.10 Å². The summed E-state index contributed by atoms with van der Waals surface area (Å²) in [6.07, 6.45) is 4.20. The van der Waals surface area contributed by atoms with E-state index in [4.69, 9.17) is 4.74 Å². The fourth-order valence-corrected chi connectivity index (χ4v) is 3.76. The van der Waals surface area contributed by atoms with E-state index in [-0.39, 0.29) is 5.91 Å². The summed E-state index contributed by atoms with van der Waals surface area (Å²) in [6, 6.07) is 10.5. The molecule has 0 aliphatic carbocycles. The van der Waals surface area contributed by atoms with Gasteiger partial charge in [0.05, 0.1) is 19.8 Å². The minimum Gasteiger partial charge on any atom is -0.379 e. The standard InChI is InChI=1S/C21H29N7O2/c29-21(22-9-4-10-27-12-8-18-5-1-2-6-19(18)27)7-3-11-28-20(23-24-25-28)17-26-13-15-30-16-14-26/h1-2,5-6,8,12H,3-4,7,9-11,13-17H2,(H,22,29). The number of carbonyl (C=O) groups is 1. The monoisotopic (exact) mass is 411 g/mol. The van der Waals surface area contributed by atoms with E-state index in [0.29, 0.717) is 19.5 Å². The van der Waals surface area contributed by atoms with Crippen LogP contribution in [-0.4, -0.2) is 68.4 Å². The molecule has 1 amide bonds. The highest BCUT2D eigenvalue weighted by Gasteiger charge is 2.15. The molecule has 0 unspecified atom stereocenters. The van der Waals surface area contributed by atoms with Gasteiger partial charge >= 0.3 is 0 Å². The lowest BCUT2D eigenvalue weighted by atomic mass is 10.2. The van der Waals surface area contributed by atoms with Crippen molar-refractivity contribution in [3.63, 3.8) is 0 Å². The molecule has 0 saturated carbocycles. The van der Waals surface area contributed by atoms with Crippen molar-refractivity contribution in [1.82, 2.24) is 35.0 Å². The number of hydrogen-bond donors (Lipinski definition) is 1. The van der Waals surface area contributed by atoms with Gasteiger partial charge in [0.2, 0.25) is 5.91 Å². The molecule has 0 spiro atoms. The number of benzene rings is 1. The molecule has 3 heterocycles. The number of carbonyl (C=O) groups excluding carboxylic acids is 1. The third-order valence-corrected chi connectivity index (χ3v) is 5.43. The zero-order valence-corrected chi connectivity index (χ0v) is 17.2. The first-order valence-corrected chi connectivity index (χ1v) is 10.7. The SMILES string of the molecule is O=C(CCCn1nnnc1CN1CCOCC1)NCCCn1ccc2ccccc21. The molecule has 1 N–H and O–H groups in total. The minimum absolute atomic E-state index is 0.0789. The Morgan fingerprint density at radius 1 is 1.10 bits per heavy atom. The van der Waals surface area contributed by atoms with Crippen molar-refractivity contribution in [2.75, 3.05) is 32.8 Å². The Kier molecular flexibility index (Phi) is 7.04. The summed E-state index contributed by atoms with van der Waals surface area (Å²) in [6.45, 7) is 6.24. The molecule has 1 aromatic carbocycles. The summed E-state index contributed by atoms with van der Waals surface area (Å²) in [5.74, 6) is 0.923. The number of aryl methyl sites for hydroxylation is 2. The number of hydrogen-bond acceptors (Lipinski definition) is 6. The van der Waals surface area contributed by atoms with Crippen molar-refractivity contribution in [1.29, 1.82) is 0 Å². The third kappa shape index (κ3) is 5.43. The molecule has 0 atom stereocenters. The zero-order chi connectivity index (χ0) is 20.6. The molecule has 9 nitrogen and oxygen atoms in total. The van der Waals surface area contributed by atoms with E-state index in [9.17, 15) is 4.79 Å². The number of fused-ring (bicyclic) bond motifs is 1. The second kappa shape index (κ2) is 10.3. The predicted octanol–water partition coefficient (Wildman–Crippen LogP) is 1.45. The van der Waals surface area contributed by atoms with Crippen LogP contribution in [0.15, 0.2) is 36.5 Å². The van der Waals surface area contributed by atoms with Gasteiger partial charge in [-0.2, -0.15) is 0 Å². The topological polar surface area (TPSA) is 90.1 Å². The second-order valence-electron chi connectivity index (χ2n) is 7.58. The van der Waals surface area contributed by atoms with Crippen LogP contribution in [0.2, 0.25) is 0 Å². The van der Waals surface area contributed by atoms with Crippen LogP contribution in [0.5, 0.6) is 0 Å². The molecule has 30 heavy (non-hydrogen) atoms. The molecule has 0 radical (unpaired) electrons. The van der Waals surface area contributed by atoms with E-state index in [0.717, 1.165) is 58.1 Å². The quantitative estimate of drug-likeness (QED) is 0.508. The molecule has 4 rings (SSSR count). The normalized spacial score (nSPS) is 14.9. The third-order valence-electron chi connectivity index (χ3n) is 5.43. The summed E-state index contributed by atoms with van der Waals surface area (Å²) in [5.41, 5.74) is 1.23. The van der Waals surface area contributed by atoms with Gasteiger partial charge < -0.3 is 14.6 Å². The van der Waals surface area contributed by atoms with Gasteiger partial charge in [0.25, 0.3) is 0 Å². The summed E-state index contributed by atoms with van der Waals surface area (Å²) in [7, 11) is 0. The molecule has 9 heteroatoms. The van der Waals surface area contributed by atoms with Crippen LogP contribution in [0.3, 0.4) is 0 Å². The van der Waals surface area contributed by atoms with Gasteiger partial charge in [-0.3, -0.25) is 9.69 Å². The van der Waals surface area contributed by atoms with E-state index in [2.05, 4.69) is 60.8 Å². The van der Waals surface area contributed by atoms with Crippen LogP contribution < -0.4 is 5.32 Å². The number of amides is 1. The van der Waals surface area contributed by atoms with Gasteiger partial charge in [0, 0.05) is 50.9 Å². The van der Waals surface area contributed by atoms with Gasteiger partial charge in [-0.1, -0.05) is 18.2 Å². The molecule has 1 fully saturated rings. The maximum absolute atomic E-state index is 12.1. The highest BCUT2D eigenvalue weighted by Crippen LogP contribution is 2.15. The van der Waals surface area contributed by atoms with Crippen LogP contribution in [0, 0.1) is 0 Å². The fourth-order valence-electron chi connectivity index (χ4n) is 3.76. The average molecular weight is 412 g/mol. The van der Waals surface area contributed by atoms with E-state index < -0.39 is 0 Å². The van der Waals surface area contributed by atoms with Gasteiger partial charge in [-0.05, 0) is 40.8 Å². The van der Waals surface area contributed by atoms with Gasteiger partial charge in [-0.25, -0.2) is 4.68 Å². The van der Waals surface area contributed by atoms with Crippen molar-refractivity contribution >= 4 is 16.8 Å². The Labute approximate surface area is 176 Å². The first-order valence-electron chi connectivity index (χ1n) is 10.7. The lowest BCUT2D eigenvalue weighted by Gasteiger charge is -2.25. The van der Waals surface area contributed by atoms with E-state index in [1.807, 2.05) is 6.07 Å². The lowest BCUT2D eigenvalue weighted by molar-refractivity contribution is -0.121. The molecule has 1 aliphatic rings. The summed E-state index contributed by atoms with van der Waals surface area (Å²) in [5, 5.41) is 16.3. The Morgan fingerprint density at radius 2 is 1.97 bits per heavy atom. The van der Waals surface area contributed by atoms with Crippen LogP contribution in [0.4, 0.5) is 0 Å². The van der Waals surface area contributed by atoms with Gasteiger partial charge in [0.1, 0.15) is 0 Å². The molecule has 1 aliphatic heterocycles. The maximum atomic E-state index is 12.1. The molecule has 160 valence electrons. The van der Waals surface area contributed by atoms with Crippen molar-refractivity contribution < 1.29 is 9.53 Å². The van der Waals surface area contributed by atoms with Crippen molar-refractivity contribution in [3.05, 3.63) is 42.4 Å². The second-order valence-corrected chi connectivity index (χ2v) is 7.58. The first kappa shape index (κ1) is 20.5. The Morgan fingerprint density at radius 3 is 2.87 bits per heavy atom. The number of nitrogens with zero attached hydrogens (tertiary/aromatic N) is 6. The van der Waals surface area contributed by atoms with E-state index in [1.165, 1.54) is 10.9 Å². The van der Waals surface area contributed by atoms with Gasteiger partial charge in [0.15, 0.2) is 5.82 Å². The largest absolute Gasteiger partial charge is 0.379 e. The minimum atomic E-state index is 0.0789. The highest BCUT2D eigenvalue weighted by molar-refractivity contribution is 5.79. The fraction of sp³-hybridized carbons (Fsp3) is 0.524. The lowest BCUT2D eigenvalue weighted by Crippen LogP contribution is -2.36. The molecule has 1 saturated heterocycles. The van der Waals surface area contributed by atoms with E-state index >= 15 is 0 Å². The summed E-state index contributed by atoms with van der Waals surface area (Å²) in [4.78, 5) is 14.4. The molecule has 2 aromatic heterocycles. The van der Waals surface area contributed by atoms with Crippen LogP contribution in [0.25, 0.3) is 10.9 Å². The first-order chi connectivity index (χ1) is 14.8. The molecular weight excluding hydrogens is 382 g/mol. The van der Waals surface area contributed by atoms with Crippen LogP contribution >= 0.6 is 0 Å². The summed E-state index contributed by atoms with van der Waals surface area (Å²) < 4.78 is 9.41. The number of ether oxygens (including phenoxy) is 1. The number of tetrazole rings is 1. The van der Waals surface area contributed by atoms with E-state index in [1.54, 1.807) is 4.68 Å². The maximum Gasteiger partial charge on any atom is 0.220 e. The molecule has 0 bridgehead atoms. The Bertz CT molecular complexity index is 946. The number of morpholine rings is 1. The Hall–Kier alpha value is -2.78.